The number of aliphatic carboxylic acids is 1. The van der Waals surface area contributed by atoms with Gasteiger partial charge in [-0.15, -0.1) is 0 Å². The minimum absolute atomic E-state index is 0.0233. The van der Waals surface area contributed by atoms with Crippen molar-refractivity contribution in [2.24, 2.45) is 5.92 Å². The van der Waals surface area contributed by atoms with Crippen LogP contribution < -0.4 is 10.1 Å². The van der Waals surface area contributed by atoms with E-state index in [4.69, 9.17) is 14.6 Å². The van der Waals surface area contributed by atoms with Gasteiger partial charge in [0.05, 0.1) is 13.2 Å². The number of carboxylic acids is 1. The highest BCUT2D eigenvalue weighted by Gasteiger charge is 2.13. The van der Waals surface area contributed by atoms with E-state index in [-0.39, 0.29) is 41.8 Å². The van der Waals surface area contributed by atoms with Crippen LogP contribution in [0.15, 0.2) is 18.2 Å². The summed E-state index contributed by atoms with van der Waals surface area (Å²) in [5.74, 6) is -1.64. The average molecular weight is 379 g/mol. The molecule has 0 saturated heterocycles. The molecule has 2 N–H and O–H groups in total. The molecule has 0 aromatic heterocycles. The summed E-state index contributed by atoms with van der Waals surface area (Å²) in [5.41, 5.74) is 0.402. The second kappa shape index (κ2) is 11.1. The number of hydrogen-bond acceptors (Lipinski definition) is 6. The molecular formula is C19H25NO7. The quantitative estimate of drug-likeness (QED) is 0.419. The van der Waals surface area contributed by atoms with Crippen LogP contribution in [0.1, 0.15) is 47.9 Å². The molecule has 0 unspecified atom stereocenters. The summed E-state index contributed by atoms with van der Waals surface area (Å²) >= 11 is 0. The van der Waals surface area contributed by atoms with Crippen LogP contribution in [0.25, 0.3) is 0 Å². The summed E-state index contributed by atoms with van der Waals surface area (Å²) < 4.78 is 10.8. The van der Waals surface area contributed by atoms with E-state index >= 15 is 0 Å². The number of benzene rings is 1. The predicted molar refractivity (Wildman–Crippen MR) is 97.2 cm³/mol. The summed E-state index contributed by atoms with van der Waals surface area (Å²) in [5, 5.41) is 10.9. The van der Waals surface area contributed by atoms with E-state index in [1.807, 2.05) is 13.8 Å². The lowest BCUT2D eigenvalue weighted by Crippen LogP contribution is -2.29. The first-order chi connectivity index (χ1) is 12.7. The molecular weight excluding hydrogens is 354 g/mol. The normalized spacial score (nSPS) is 10.5. The van der Waals surface area contributed by atoms with E-state index in [2.05, 4.69) is 5.32 Å². The maximum Gasteiger partial charge on any atom is 0.322 e. The predicted octanol–water partition coefficient (Wildman–Crippen LogP) is 1.71. The SMILES string of the molecule is CC(=O)c1cc(OCCOCCC(=O)C(C)C)cc(C(=O)NCC(=O)O)c1. The first-order valence-electron chi connectivity index (χ1n) is 8.60. The van der Waals surface area contributed by atoms with Crippen LogP contribution in [0.3, 0.4) is 0 Å². The molecule has 1 aromatic carbocycles. The molecule has 0 radical (unpaired) electrons. The molecule has 0 aliphatic rings. The van der Waals surface area contributed by atoms with Crippen LogP contribution in [0.2, 0.25) is 0 Å². The lowest BCUT2D eigenvalue weighted by molar-refractivity contribution is -0.135. The Morgan fingerprint density at radius 3 is 2.30 bits per heavy atom. The van der Waals surface area contributed by atoms with Crippen molar-refractivity contribution < 1.29 is 33.8 Å². The van der Waals surface area contributed by atoms with E-state index in [9.17, 15) is 19.2 Å². The zero-order chi connectivity index (χ0) is 20.4. The third-order valence-electron chi connectivity index (χ3n) is 3.61. The average Bonchev–Trinajstić information content (AvgIpc) is 2.61. The van der Waals surface area contributed by atoms with Crippen LogP contribution in [0, 0.1) is 5.92 Å². The second-order valence-electron chi connectivity index (χ2n) is 6.21. The van der Waals surface area contributed by atoms with E-state index in [1.165, 1.54) is 25.1 Å². The van der Waals surface area contributed by atoms with Gasteiger partial charge in [0.15, 0.2) is 5.78 Å². The molecule has 0 spiro atoms. The molecule has 8 heteroatoms. The van der Waals surface area contributed by atoms with Gasteiger partial charge in [-0.25, -0.2) is 0 Å². The molecule has 1 aromatic rings. The van der Waals surface area contributed by atoms with Gasteiger partial charge in [-0.05, 0) is 25.1 Å². The van der Waals surface area contributed by atoms with Crippen molar-refractivity contribution in [3.63, 3.8) is 0 Å². The van der Waals surface area contributed by atoms with Gasteiger partial charge >= 0.3 is 5.97 Å². The molecule has 148 valence electrons. The summed E-state index contributed by atoms with van der Waals surface area (Å²) in [4.78, 5) is 45.7. The van der Waals surface area contributed by atoms with Gasteiger partial charge in [-0.2, -0.15) is 0 Å². The zero-order valence-electron chi connectivity index (χ0n) is 15.7. The lowest BCUT2D eigenvalue weighted by atomic mass is 10.1. The fourth-order valence-corrected chi connectivity index (χ4v) is 2.06. The highest BCUT2D eigenvalue weighted by atomic mass is 16.5. The van der Waals surface area contributed by atoms with Gasteiger partial charge in [0, 0.05) is 23.5 Å². The first kappa shape index (κ1) is 22.3. The Balaban J connectivity index is 2.61. The highest BCUT2D eigenvalue weighted by Crippen LogP contribution is 2.18. The van der Waals surface area contributed by atoms with Crippen molar-refractivity contribution in [1.29, 1.82) is 0 Å². The fraction of sp³-hybridized carbons (Fsp3) is 0.474. The number of ketones is 2. The van der Waals surface area contributed by atoms with Crippen molar-refractivity contribution in [1.82, 2.24) is 5.32 Å². The Morgan fingerprint density at radius 1 is 1.04 bits per heavy atom. The van der Waals surface area contributed by atoms with Crippen LogP contribution >= 0.6 is 0 Å². The van der Waals surface area contributed by atoms with Crippen molar-refractivity contribution in [2.75, 3.05) is 26.4 Å². The summed E-state index contributed by atoms with van der Waals surface area (Å²) in [6.45, 7) is 5.21. The third kappa shape index (κ3) is 8.46. The van der Waals surface area contributed by atoms with Gasteiger partial charge in [0.25, 0.3) is 5.91 Å². The van der Waals surface area contributed by atoms with Gasteiger partial charge in [-0.1, -0.05) is 13.8 Å². The molecule has 0 aliphatic heterocycles. The number of carboxylic acid groups (broad SMARTS) is 1. The zero-order valence-corrected chi connectivity index (χ0v) is 15.7. The topological polar surface area (TPSA) is 119 Å². The Hall–Kier alpha value is -2.74. The number of amides is 1. The maximum absolute atomic E-state index is 12.0. The molecule has 0 saturated carbocycles. The lowest BCUT2D eigenvalue weighted by Gasteiger charge is -2.11. The number of ether oxygens (including phenoxy) is 2. The molecule has 1 amide bonds. The number of carbonyl (C=O) groups is 4. The molecule has 27 heavy (non-hydrogen) atoms. The van der Waals surface area contributed by atoms with Crippen molar-refractivity contribution in [3.8, 4) is 5.75 Å². The number of rotatable bonds is 12. The van der Waals surface area contributed by atoms with E-state index in [1.54, 1.807) is 0 Å². The molecule has 1 rings (SSSR count). The van der Waals surface area contributed by atoms with Crippen molar-refractivity contribution in [3.05, 3.63) is 29.3 Å². The molecule has 0 aliphatic carbocycles. The Kier molecular flexibility index (Phi) is 9.15. The van der Waals surface area contributed by atoms with Gasteiger partial charge in [0.2, 0.25) is 0 Å². The van der Waals surface area contributed by atoms with Crippen LogP contribution in [0.5, 0.6) is 5.75 Å². The standard InChI is InChI=1S/C19H25NO7/c1-12(2)17(22)4-5-26-6-7-27-16-9-14(13(3)21)8-15(10-16)19(25)20-11-18(23)24/h8-10,12H,4-7,11H2,1-3H3,(H,20,25)(H,23,24). The summed E-state index contributed by atoms with van der Waals surface area (Å²) in [6.07, 6.45) is 0.339. The third-order valence-corrected chi connectivity index (χ3v) is 3.61. The van der Waals surface area contributed by atoms with Gasteiger partial charge < -0.3 is 19.9 Å². The van der Waals surface area contributed by atoms with Crippen molar-refractivity contribution in [2.45, 2.75) is 27.2 Å². The number of Topliss-reactive ketones (excluding diaryl/α,β-unsaturated/α-hetero) is 2. The van der Waals surface area contributed by atoms with Crippen molar-refractivity contribution >= 4 is 23.4 Å². The molecule has 0 atom stereocenters. The molecule has 0 fully saturated rings. The highest BCUT2D eigenvalue weighted by molar-refractivity contribution is 6.00. The monoisotopic (exact) mass is 379 g/mol. The van der Waals surface area contributed by atoms with Crippen LogP contribution in [-0.4, -0.2) is 54.9 Å². The number of hydrogen-bond donors (Lipinski definition) is 2. The smallest absolute Gasteiger partial charge is 0.322 e. The fourth-order valence-electron chi connectivity index (χ4n) is 2.06. The van der Waals surface area contributed by atoms with E-state index in [0.717, 1.165) is 0 Å². The molecule has 0 heterocycles. The number of carbonyl (C=O) groups excluding carboxylic acids is 3. The molecule has 8 nitrogen and oxygen atoms in total. The minimum Gasteiger partial charge on any atom is -0.491 e. The minimum atomic E-state index is -1.17. The van der Waals surface area contributed by atoms with E-state index < -0.39 is 18.4 Å². The number of nitrogens with one attached hydrogen (secondary N) is 1. The summed E-state index contributed by atoms with van der Waals surface area (Å²) in [6, 6.07) is 4.30. The maximum atomic E-state index is 12.0. The van der Waals surface area contributed by atoms with Crippen LogP contribution in [-0.2, 0) is 14.3 Å². The van der Waals surface area contributed by atoms with Gasteiger partial charge in [-0.3, -0.25) is 19.2 Å². The second-order valence-corrected chi connectivity index (χ2v) is 6.21. The van der Waals surface area contributed by atoms with Gasteiger partial charge in [0.1, 0.15) is 24.7 Å². The Bertz CT molecular complexity index is 697. The molecule has 0 bridgehead atoms. The first-order valence-corrected chi connectivity index (χ1v) is 8.60. The van der Waals surface area contributed by atoms with E-state index in [0.29, 0.717) is 18.8 Å². The Labute approximate surface area is 157 Å². The largest absolute Gasteiger partial charge is 0.491 e. The summed E-state index contributed by atoms with van der Waals surface area (Å²) in [7, 11) is 0. The van der Waals surface area contributed by atoms with Crippen LogP contribution in [0.4, 0.5) is 0 Å². The Morgan fingerprint density at radius 2 is 1.70 bits per heavy atom.